The van der Waals surface area contributed by atoms with Gasteiger partial charge in [-0.3, -0.25) is 4.55 Å². The molecule has 0 aromatic heterocycles. The van der Waals surface area contributed by atoms with Gasteiger partial charge in [0.05, 0.1) is 11.5 Å². The lowest BCUT2D eigenvalue weighted by atomic mass is 10.1. The normalized spacial score (nSPS) is 11.3. The number of unbranched alkanes of at least 4 members (excludes halogenated alkanes) is 1. The first-order valence-electron chi connectivity index (χ1n) is 6.97. The van der Waals surface area contributed by atoms with E-state index >= 15 is 0 Å². The molecule has 6 heteroatoms. The Morgan fingerprint density at radius 1 is 1.24 bits per heavy atom. The van der Waals surface area contributed by atoms with Crippen LogP contribution in [0, 0.1) is 0 Å². The zero-order valence-corrected chi connectivity index (χ0v) is 13.1. The van der Waals surface area contributed by atoms with Crippen molar-refractivity contribution in [3.63, 3.8) is 0 Å². The van der Waals surface area contributed by atoms with Crippen LogP contribution >= 0.6 is 0 Å². The maximum atomic E-state index is 10.9. The van der Waals surface area contributed by atoms with Crippen molar-refractivity contribution in [2.45, 2.75) is 43.9 Å². The molecular formula is C15H22O5S. The molecule has 1 aromatic carbocycles. The van der Waals surface area contributed by atoms with E-state index in [2.05, 4.69) is 6.58 Å². The Hall–Kier alpha value is -1.37. The third kappa shape index (κ3) is 7.27. The highest BCUT2D eigenvalue weighted by atomic mass is 32.2. The molecule has 0 heterocycles. The molecule has 0 fully saturated rings. The van der Waals surface area contributed by atoms with Gasteiger partial charge in [0.15, 0.2) is 0 Å². The summed E-state index contributed by atoms with van der Waals surface area (Å²) in [4.78, 5) is 9.95. The second-order valence-corrected chi connectivity index (χ2v) is 6.19. The zero-order chi connectivity index (χ0) is 15.7. The van der Waals surface area contributed by atoms with Crippen molar-refractivity contribution in [3.05, 3.63) is 42.2 Å². The molecule has 5 nitrogen and oxygen atoms in total. The molecule has 0 aliphatic rings. The number of benzene rings is 1. The fourth-order valence-corrected chi connectivity index (χ4v) is 2.24. The van der Waals surface area contributed by atoms with Crippen LogP contribution in [0.2, 0.25) is 0 Å². The Balaban J connectivity index is 2.20. The molecule has 0 amide bonds. The van der Waals surface area contributed by atoms with Gasteiger partial charge in [-0.25, -0.2) is 0 Å². The van der Waals surface area contributed by atoms with Gasteiger partial charge in [-0.15, -0.1) is 0 Å². The maximum Gasteiger partial charge on any atom is 0.294 e. The quantitative estimate of drug-likeness (QED) is 0.235. The van der Waals surface area contributed by atoms with Gasteiger partial charge < -0.3 is 4.89 Å². The highest BCUT2D eigenvalue weighted by molar-refractivity contribution is 7.85. The predicted octanol–water partition coefficient (Wildman–Crippen LogP) is 3.52. The Bertz CT molecular complexity index is 534. The SMILES string of the molecule is C=C(CCC)OOCCCCc1ccc(S(=O)(=O)O)cc1. The van der Waals surface area contributed by atoms with E-state index in [4.69, 9.17) is 14.3 Å². The van der Waals surface area contributed by atoms with E-state index in [0.717, 1.165) is 37.7 Å². The zero-order valence-electron chi connectivity index (χ0n) is 12.2. The average molecular weight is 314 g/mol. The largest absolute Gasteiger partial charge is 0.343 e. The third-order valence-electron chi connectivity index (χ3n) is 2.87. The molecule has 1 N–H and O–H groups in total. The minimum Gasteiger partial charge on any atom is -0.343 e. The van der Waals surface area contributed by atoms with E-state index < -0.39 is 10.1 Å². The molecule has 118 valence electrons. The van der Waals surface area contributed by atoms with Crippen molar-refractivity contribution in [2.75, 3.05) is 6.61 Å². The molecule has 1 aromatic rings. The molecule has 0 spiro atoms. The van der Waals surface area contributed by atoms with E-state index in [0.29, 0.717) is 12.4 Å². The second kappa shape index (κ2) is 8.81. The lowest BCUT2D eigenvalue weighted by Gasteiger charge is -2.06. The molecule has 0 saturated heterocycles. The van der Waals surface area contributed by atoms with Crippen molar-refractivity contribution in [3.8, 4) is 0 Å². The average Bonchev–Trinajstić information content (AvgIpc) is 2.42. The topological polar surface area (TPSA) is 72.8 Å². The van der Waals surface area contributed by atoms with Crippen molar-refractivity contribution in [1.82, 2.24) is 0 Å². The second-order valence-electron chi connectivity index (χ2n) is 4.77. The van der Waals surface area contributed by atoms with E-state index in [-0.39, 0.29) is 4.90 Å². The van der Waals surface area contributed by atoms with Crippen LogP contribution in [-0.4, -0.2) is 19.6 Å². The lowest BCUT2D eigenvalue weighted by Crippen LogP contribution is -1.99. The van der Waals surface area contributed by atoms with Crippen molar-refractivity contribution < 1.29 is 22.7 Å². The first kappa shape index (κ1) is 17.7. The summed E-state index contributed by atoms with van der Waals surface area (Å²) in [6.07, 6.45) is 4.31. The maximum absolute atomic E-state index is 10.9. The van der Waals surface area contributed by atoms with Crippen LogP contribution in [0.15, 0.2) is 41.5 Å². The molecule has 0 radical (unpaired) electrons. The Labute approximate surface area is 126 Å². The number of aryl methyl sites for hydroxylation is 1. The van der Waals surface area contributed by atoms with Crippen LogP contribution in [0.3, 0.4) is 0 Å². The fourth-order valence-electron chi connectivity index (χ4n) is 1.76. The van der Waals surface area contributed by atoms with Crippen LogP contribution in [0.5, 0.6) is 0 Å². The standard InChI is InChI=1S/C15H22O5S/c1-3-6-13(2)20-19-12-5-4-7-14-8-10-15(11-9-14)21(16,17)18/h8-11H,2-7,12H2,1H3,(H,16,17,18). The van der Waals surface area contributed by atoms with E-state index in [9.17, 15) is 8.42 Å². The smallest absolute Gasteiger partial charge is 0.294 e. The molecule has 0 aliphatic carbocycles. The summed E-state index contributed by atoms with van der Waals surface area (Å²) in [6, 6.07) is 6.20. The monoisotopic (exact) mass is 314 g/mol. The van der Waals surface area contributed by atoms with E-state index in [1.165, 1.54) is 12.1 Å². The minimum atomic E-state index is -4.11. The van der Waals surface area contributed by atoms with E-state index in [1.807, 2.05) is 6.92 Å². The Kier molecular flexibility index (Phi) is 7.42. The van der Waals surface area contributed by atoms with Crippen LogP contribution in [0.4, 0.5) is 0 Å². The Morgan fingerprint density at radius 2 is 1.90 bits per heavy atom. The first-order valence-corrected chi connectivity index (χ1v) is 8.41. The summed E-state index contributed by atoms with van der Waals surface area (Å²) in [5.74, 6) is 0.637. The molecule has 0 saturated carbocycles. The number of rotatable bonds is 10. The number of hydrogen-bond acceptors (Lipinski definition) is 4. The van der Waals surface area contributed by atoms with Gasteiger partial charge in [-0.1, -0.05) is 25.6 Å². The third-order valence-corrected chi connectivity index (χ3v) is 3.74. The first-order chi connectivity index (χ1) is 9.93. The van der Waals surface area contributed by atoms with Crippen molar-refractivity contribution >= 4 is 10.1 Å². The van der Waals surface area contributed by atoms with E-state index in [1.54, 1.807) is 12.1 Å². The molecule has 0 bridgehead atoms. The highest BCUT2D eigenvalue weighted by Gasteiger charge is 2.08. The van der Waals surface area contributed by atoms with Gasteiger partial charge in [-0.05, 0) is 43.4 Å². The van der Waals surface area contributed by atoms with Crippen LogP contribution in [0.25, 0.3) is 0 Å². The molecule has 0 aliphatic heterocycles. The van der Waals surface area contributed by atoms with Gasteiger partial charge >= 0.3 is 0 Å². The molecule has 0 atom stereocenters. The Morgan fingerprint density at radius 3 is 2.48 bits per heavy atom. The van der Waals surface area contributed by atoms with Crippen LogP contribution in [-0.2, 0) is 26.3 Å². The summed E-state index contributed by atoms with van der Waals surface area (Å²) in [7, 11) is -4.11. The van der Waals surface area contributed by atoms with Gasteiger partial charge in [0.25, 0.3) is 10.1 Å². The van der Waals surface area contributed by atoms with Gasteiger partial charge in [-0.2, -0.15) is 13.3 Å². The molecule has 1 rings (SSSR count). The summed E-state index contributed by atoms with van der Waals surface area (Å²) >= 11 is 0. The summed E-state index contributed by atoms with van der Waals surface area (Å²) in [5.41, 5.74) is 1.01. The number of allylic oxidation sites excluding steroid dienone is 1. The fraction of sp³-hybridized carbons (Fsp3) is 0.467. The van der Waals surface area contributed by atoms with Gasteiger partial charge in [0.2, 0.25) is 0 Å². The molecule has 21 heavy (non-hydrogen) atoms. The lowest BCUT2D eigenvalue weighted by molar-refractivity contribution is -0.263. The van der Waals surface area contributed by atoms with Gasteiger partial charge in [0, 0.05) is 6.42 Å². The van der Waals surface area contributed by atoms with Crippen molar-refractivity contribution in [2.24, 2.45) is 0 Å². The van der Waals surface area contributed by atoms with Crippen LogP contribution < -0.4 is 0 Å². The molecule has 0 unspecified atom stereocenters. The highest BCUT2D eigenvalue weighted by Crippen LogP contribution is 2.12. The minimum absolute atomic E-state index is 0.0857. The number of hydrogen-bond donors (Lipinski definition) is 1. The predicted molar refractivity (Wildman–Crippen MR) is 80.3 cm³/mol. The summed E-state index contributed by atoms with van der Waals surface area (Å²) in [6.45, 7) is 6.26. The van der Waals surface area contributed by atoms with Gasteiger partial charge in [0.1, 0.15) is 5.76 Å². The summed E-state index contributed by atoms with van der Waals surface area (Å²) in [5, 5.41) is 0. The van der Waals surface area contributed by atoms with Crippen LogP contribution in [0.1, 0.15) is 38.2 Å². The van der Waals surface area contributed by atoms with Crippen molar-refractivity contribution in [1.29, 1.82) is 0 Å². The molecular weight excluding hydrogens is 292 g/mol. The summed E-state index contributed by atoms with van der Waals surface area (Å²) < 4.78 is 30.7.